The molecule has 2 aromatic heterocycles. The molecule has 0 radical (unpaired) electrons. The second kappa shape index (κ2) is 11.7. The number of rotatable bonds is 4. The van der Waals surface area contributed by atoms with Gasteiger partial charge in [0.15, 0.2) is 0 Å². The van der Waals surface area contributed by atoms with E-state index in [4.69, 9.17) is 0 Å². The summed E-state index contributed by atoms with van der Waals surface area (Å²) >= 11 is 0. The fraction of sp³-hybridized carbons (Fsp3) is 0.0889. The Hall–Kier alpha value is -6.87. The van der Waals surface area contributed by atoms with Gasteiger partial charge in [0, 0.05) is 55.5 Å². The van der Waals surface area contributed by atoms with Gasteiger partial charge in [-0.2, -0.15) is 15.8 Å². The number of hydrogen-bond donors (Lipinski definition) is 0. The van der Waals surface area contributed by atoms with Crippen molar-refractivity contribution in [1.29, 1.82) is 15.8 Å². The van der Waals surface area contributed by atoms with Crippen LogP contribution in [-0.4, -0.2) is 9.13 Å². The molecule has 7 aromatic rings. The minimum absolute atomic E-state index is 0.511. The number of benzene rings is 5. The Morgan fingerprint density at radius 1 is 0.540 bits per heavy atom. The molecule has 50 heavy (non-hydrogen) atoms. The Morgan fingerprint density at radius 3 is 2.02 bits per heavy atom. The van der Waals surface area contributed by atoms with Crippen LogP contribution in [0.2, 0.25) is 0 Å². The molecule has 0 saturated heterocycles. The molecule has 0 spiro atoms. The van der Waals surface area contributed by atoms with Gasteiger partial charge in [0.05, 0.1) is 51.4 Å². The van der Waals surface area contributed by atoms with Gasteiger partial charge in [-0.25, -0.2) is 0 Å². The van der Waals surface area contributed by atoms with E-state index in [-0.39, 0.29) is 0 Å². The highest BCUT2D eigenvalue weighted by Gasteiger charge is 2.24. The van der Waals surface area contributed by atoms with Gasteiger partial charge in [-0.1, -0.05) is 72.8 Å². The summed E-state index contributed by atoms with van der Waals surface area (Å²) in [6.07, 6.45) is 12.5. The predicted molar refractivity (Wildman–Crippen MR) is 201 cm³/mol. The van der Waals surface area contributed by atoms with E-state index in [1.165, 1.54) is 17.0 Å². The molecule has 2 heterocycles. The zero-order valence-electron chi connectivity index (χ0n) is 27.2. The maximum absolute atomic E-state index is 10.5. The minimum atomic E-state index is 0.511. The van der Waals surface area contributed by atoms with Crippen LogP contribution in [0.4, 0.5) is 0 Å². The van der Waals surface area contributed by atoms with E-state index in [9.17, 15) is 15.8 Å². The van der Waals surface area contributed by atoms with Crippen LogP contribution in [0.15, 0.2) is 121 Å². The van der Waals surface area contributed by atoms with Crippen LogP contribution in [0.5, 0.6) is 0 Å². The second-order valence-corrected chi connectivity index (χ2v) is 12.9. The highest BCUT2D eigenvalue weighted by molar-refractivity contribution is 6.09. The molecule has 5 nitrogen and oxygen atoms in total. The number of fused-ring (bicyclic) bond motifs is 6. The van der Waals surface area contributed by atoms with Gasteiger partial charge in [-0.3, -0.25) is 0 Å². The normalized spacial score (nSPS) is 13.8. The number of nitrogens with zero attached hydrogens (tertiary/aromatic N) is 5. The van der Waals surface area contributed by atoms with Crippen molar-refractivity contribution < 1.29 is 0 Å². The number of allylic oxidation sites excluding steroid dienone is 5. The average molecular weight is 640 g/mol. The molecule has 9 rings (SSSR count). The first-order valence-corrected chi connectivity index (χ1v) is 16.9. The highest BCUT2D eigenvalue weighted by atomic mass is 15.0. The van der Waals surface area contributed by atoms with Crippen LogP contribution in [0.3, 0.4) is 0 Å². The Labute approximate surface area is 289 Å². The van der Waals surface area contributed by atoms with Crippen molar-refractivity contribution in [1.82, 2.24) is 9.13 Å². The molecule has 0 saturated carbocycles. The lowest BCUT2D eigenvalue weighted by Gasteiger charge is -2.23. The van der Waals surface area contributed by atoms with Gasteiger partial charge in [-0.05, 0) is 85.8 Å². The second-order valence-electron chi connectivity index (χ2n) is 12.9. The molecule has 0 fully saturated rings. The van der Waals surface area contributed by atoms with E-state index in [0.717, 1.165) is 86.3 Å². The SMILES string of the molecule is N#Cc1ccc2c(c1)c1c(n2C2=C(c3ccc(C#N)c(-c4ccc(-n5c6ccccc6c6ccccc65)cc4C#N)c3)C=CCC2)CCC=C1. The van der Waals surface area contributed by atoms with Gasteiger partial charge in [-0.15, -0.1) is 0 Å². The lowest BCUT2D eigenvalue weighted by molar-refractivity contribution is 0.865. The van der Waals surface area contributed by atoms with Gasteiger partial charge in [0.2, 0.25) is 0 Å². The van der Waals surface area contributed by atoms with Crippen molar-refractivity contribution in [3.63, 3.8) is 0 Å². The minimum Gasteiger partial charge on any atom is -0.316 e. The van der Waals surface area contributed by atoms with E-state index in [1.54, 1.807) is 0 Å². The van der Waals surface area contributed by atoms with E-state index < -0.39 is 0 Å². The summed E-state index contributed by atoms with van der Waals surface area (Å²) in [7, 11) is 0. The fourth-order valence-corrected chi connectivity index (χ4v) is 7.98. The van der Waals surface area contributed by atoms with E-state index in [2.05, 4.69) is 106 Å². The van der Waals surface area contributed by atoms with Crippen molar-refractivity contribution in [3.05, 3.63) is 155 Å². The van der Waals surface area contributed by atoms with Crippen LogP contribution in [0.1, 0.15) is 52.8 Å². The molecular formula is C45H29N5. The number of nitriles is 3. The third-order valence-corrected chi connectivity index (χ3v) is 10.2. The molecule has 0 aliphatic heterocycles. The molecule has 0 unspecified atom stereocenters. The molecule has 2 aliphatic rings. The van der Waals surface area contributed by atoms with E-state index in [1.807, 2.05) is 48.5 Å². The summed E-state index contributed by atoms with van der Waals surface area (Å²) in [5.74, 6) is 0. The fourth-order valence-electron chi connectivity index (χ4n) is 7.98. The summed E-state index contributed by atoms with van der Waals surface area (Å²) in [6.45, 7) is 0. The maximum Gasteiger partial charge on any atom is 0.0998 e. The number of aromatic nitrogens is 2. The molecule has 2 aliphatic carbocycles. The molecule has 0 bridgehead atoms. The Morgan fingerprint density at radius 2 is 1.26 bits per heavy atom. The summed E-state index contributed by atoms with van der Waals surface area (Å²) in [6, 6.07) is 41.8. The summed E-state index contributed by atoms with van der Waals surface area (Å²) in [5, 5.41) is 33.9. The molecule has 234 valence electrons. The number of para-hydroxylation sites is 2. The molecule has 5 heteroatoms. The first-order valence-electron chi connectivity index (χ1n) is 16.9. The Kier molecular flexibility index (Phi) is 6.84. The van der Waals surface area contributed by atoms with Gasteiger partial charge >= 0.3 is 0 Å². The van der Waals surface area contributed by atoms with E-state index >= 15 is 0 Å². The Bertz CT molecular complexity index is 2740. The summed E-state index contributed by atoms with van der Waals surface area (Å²) in [4.78, 5) is 0. The first kappa shape index (κ1) is 29.3. The van der Waals surface area contributed by atoms with E-state index in [0.29, 0.717) is 16.7 Å². The third kappa shape index (κ3) is 4.44. The monoisotopic (exact) mass is 639 g/mol. The average Bonchev–Trinajstić information content (AvgIpc) is 3.70. The molecule has 5 aromatic carbocycles. The largest absolute Gasteiger partial charge is 0.316 e. The van der Waals surface area contributed by atoms with Crippen LogP contribution < -0.4 is 0 Å². The van der Waals surface area contributed by atoms with Crippen molar-refractivity contribution in [3.8, 4) is 35.0 Å². The number of hydrogen-bond acceptors (Lipinski definition) is 3. The lowest BCUT2D eigenvalue weighted by Crippen LogP contribution is -2.08. The quantitative estimate of drug-likeness (QED) is 0.192. The van der Waals surface area contributed by atoms with Crippen molar-refractivity contribution in [2.24, 2.45) is 0 Å². The first-order chi connectivity index (χ1) is 24.7. The zero-order valence-corrected chi connectivity index (χ0v) is 27.2. The molecule has 0 amide bonds. The zero-order chi connectivity index (χ0) is 33.8. The smallest absolute Gasteiger partial charge is 0.0998 e. The third-order valence-electron chi connectivity index (χ3n) is 10.2. The summed E-state index contributed by atoms with van der Waals surface area (Å²) in [5.41, 5.74) is 13.1. The lowest BCUT2D eigenvalue weighted by atomic mass is 9.89. The van der Waals surface area contributed by atoms with Crippen LogP contribution >= 0.6 is 0 Å². The Balaban J connectivity index is 1.22. The molecular weight excluding hydrogens is 611 g/mol. The predicted octanol–water partition coefficient (Wildman–Crippen LogP) is 10.7. The van der Waals surface area contributed by atoms with Gasteiger partial charge in [0.1, 0.15) is 0 Å². The van der Waals surface area contributed by atoms with Crippen molar-refractivity contribution in [2.75, 3.05) is 0 Å². The maximum atomic E-state index is 10.5. The van der Waals surface area contributed by atoms with Gasteiger partial charge < -0.3 is 9.13 Å². The summed E-state index contributed by atoms with van der Waals surface area (Å²) < 4.78 is 4.62. The van der Waals surface area contributed by atoms with Crippen LogP contribution in [0, 0.1) is 34.0 Å². The molecule has 0 N–H and O–H groups in total. The van der Waals surface area contributed by atoms with Gasteiger partial charge in [0.25, 0.3) is 0 Å². The molecule has 0 atom stereocenters. The topological polar surface area (TPSA) is 81.2 Å². The van der Waals surface area contributed by atoms with Crippen LogP contribution in [0.25, 0.3) is 66.9 Å². The standard InChI is InChI=1S/C45H29N5/c46-26-29-17-22-45-40(23-29)38-12-4-8-16-44(38)50(45)41-13-5-1-9-35(41)30-18-19-31(27-47)39(25-30)34-21-20-33(24-32(34)28-48)49-42-14-6-2-10-36(42)37-11-3-7-15-43(37)49/h1-4,6-7,9-12,14-15,17-25H,5,8,13,16H2. The highest BCUT2D eigenvalue weighted by Crippen LogP contribution is 2.41. The van der Waals surface area contributed by atoms with Crippen LogP contribution in [-0.2, 0) is 6.42 Å². The van der Waals surface area contributed by atoms with Crippen molar-refractivity contribution >= 4 is 50.1 Å². The van der Waals surface area contributed by atoms with Crippen molar-refractivity contribution in [2.45, 2.75) is 25.7 Å².